The lowest BCUT2D eigenvalue weighted by Crippen LogP contribution is -2.46. The Labute approximate surface area is 180 Å². The number of aryl methyl sites for hydroxylation is 4. The molecule has 9 nitrogen and oxygen atoms in total. The molecular weight excluding hydrogens is 418 g/mol. The number of piperidine rings is 1. The lowest BCUT2D eigenvalue weighted by molar-refractivity contribution is 0.0711. The average molecular weight is 444 g/mol. The third-order valence-electron chi connectivity index (χ3n) is 5.66. The van der Waals surface area contributed by atoms with Crippen molar-refractivity contribution in [1.82, 2.24) is 24.7 Å². The van der Waals surface area contributed by atoms with E-state index in [1.807, 2.05) is 19.9 Å². The smallest absolute Gasteiger partial charge is 0.253 e. The molecule has 1 fully saturated rings. The van der Waals surface area contributed by atoms with E-state index < -0.39 is 10.0 Å². The first-order valence-corrected chi connectivity index (χ1v) is 11.6. The second-order valence-electron chi connectivity index (χ2n) is 7.94. The van der Waals surface area contributed by atoms with Crippen LogP contribution in [0.25, 0.3) is 11.0 Å². The van der Waals surface area contributed by atoms with Gasteiger partial charge in [0.15, 0.2) is 5.76 Å². The summed E-state index contributed by atoms with van der Waals surface area (Å²) in [7, 11) is -3.72. The fourth-order valence-corrected chi connectivity index (χ4v) is 5.52. The van der Waals surface area contributed by atoms with Crippen molar-refractivity contribution in [3.63, 3.8) is 0 Å². The summed E-state index contributed by atoms with van der Waals surface area (Å²) in [6, 6.07) is 5.09. The normalized spacial score (nSPS) is 15.5. The molecule has 10 heteroatoms. The van der Waals surface area contributed by atoms with Gasteiger partial charge >= 0.3 is 0 Å². The molecule has 0 aliphatic carbocycles. The number of aromatic nitrogens is 3. The monoisotopic (exact) mass is 443 g/mol. The molecule has 0 radical (unpaired) electrons. The topological polar surface area (TPSA) is 118 Å². The Balaban J connectivity index is 1.43. The van der Waals surface area contributed by atoms with Crippen LogP contribution < -0.4 is 4.72 Å². The number of hydrogen-bond acceptors (Lipinski definition) is 7. The van der Waals surface area contributed by atoms with Gasteiger partial charge in [-0.3, -0.25) is 4.79 Å². The number of carbonyl (C=O) groups excluding carboxylic acids is 1. The number of carbonyl (C=O) groups is 1. The third-order valence-corrected chi connectivity index (χ3v) is 7.43. The SMILES string of the molecule is Cc1nc2ccc(C(=O)N3CCC(NS(=O)(=O)c4c(C)noc4C)CC3)cc2nc1C. The van der Waals surface area contributed by atoms with E-state index in [4.69, 9.17) is 4.52 Å². The Hall–Kier alpha value is -2.85. The van der Waals surface area contributed by atoms with Crippen LogP contribution in [-0.4, -0.2) is 53.5 Å². The summed E-state index contributed by atoms with van der Waals surface area (Å²) in [5, 5.41) is 3.72. The average Bonchev–Trinajstić information content (AvgIpc) is 3.07. The lowest BCUT2D eigenvalue weighted by Gasteiger charge is -2.32. The van der Waals surface area contributed by atoms with Gasteiger partial charge in [0.2, 0.25) is 10.0 Å². The molecule has 164 valence electrons. The fraction of sp³-hybridized carbons (Fsp3) is 0.429. The van der Waals surface area contributed by atoms with Gasteiger partial charge in [-0.25, -0.2) is 23.1 Å². The molecule has 0 atom stereocenters. The highest BCUT2D eigenvalue weighted by Crippen LogP contribution is 2.22. The molecule has 1 aliphatic rings. The molecule has 1 aromatic carbocycles. The second kappa shape index (κ2) is 8.01. The summed E-state index contributed by atoms with van der Waals surface area (Å²) >= 11 is 0. The largest absolute Gasteiger partial charge is 0.360 e. The maximum atomic E-state index is 13.0. The Kier molecular flexibility index (Phi) is 5.52. The highest BCUT2D eigenvalue weighted by molar-refractivity contribution is 7.89. The van der Waals surface area contributed by atoms with E-state index in [9.17, 15) is 13.2 Å². The molecular formula is C21H25N5O4S. The van der Waals surface area contributed by atoms with Crippen LogP contribution in [0, 0.1) is 27.7 Å². The minimum Gasteiger partial charge on any atom is -0.360 e. The van der Waals surface area contributed by atoms with E-state index in [0.717, 1.165) is 16.9 Å². The summed E-state index contributed by atoms with van der Waals surface area (Å²) in [4.78, 5) is 23.9. The van der Waals surface area contributed by atoms with Crippen LogP contribution in [0.4, 0.5) is 0 Å². The Morgan fingerprint density at radius 3 is 2.29 bits per heavy atom. The zero-order valence-electron chi connectivity index (χ0n) is 18.0. The molecule has 31 heavy (non-hydrogen) atoms. The number of rotatable bonds is 4. The van der Waals surface area contributed by atoms with E-state index >= 15 is 0 Å². The Morgan fingerprint density at radius 2 is 1.68 bits per heavy atom. The number of fused-ring (bicyclic) bond motifs is 1. The van der Waals surface area contributed by atoms with Gasteiger partial charge in [-0.15, -0.1) is 0 Å². The van der Waals surface area contributed by atoms with E-state index in [2.05, 4.69) is 19.8 Å². The molecule has 1 amide bonds. The summed E-state index contributed by atoms with van der Waals surface area (Å²) < 4.78 is 33.1. The van der Waals surface area contributed by atoms with Crippen molar-refractivity contribution in [2.45, 2.75) is 51.5 Å². The summed E-state index contributed by atoms with van der Waals surface area (Å²) in [5.74, 6) is 0.177. The van der Waals surface area contributed by atoms with E-state index in [1.54, 1.807) is 30.9 Å². The second-order valence-corrected chi connectivity index (χ2v) is 9.59. The number of likely N-dealkylation sites (tertiary alicyclic amines) is 1. The van der Waals surface area contributed by atoms with E-state index in [0.29, 0.717) is 42.7 Å². The molecule has 3 heterocycles. The van der Waals surface area contributed by atoms with Crippen LogP contribution >= 0.6 is 0 Å². The van der Waals surface area contributed by atoms with E-state index in [-0.39, 0.29) is 22.6 Å². The van der Waals surface area contributed by atoms with Crippen LogP contribution in [-0.2, 0) is 10.0 Å². The van der Waals surface area contributed by atoms with Gasteiger partial charge in [-0.05, 0) is 58.7 Å². The van der Waals surface area contributed by atoms with Gasteiger partial charge < -0.3 is 9.42 Å². The Bertz CT molecular complexity index is 1240. The van der Waals surface area contributed by atoms with Crippen LogP contribution in [0.3, 0.4) is 0 Å². The minimum atomic E-state index is -3.72. The number of sulfonamides is 1. The van der Waals surface area contributed by atoms with Crippen LogP contribution in [0.2, 0.25) is 0 Å². The fourth-order valence-electron chi connectivity index (χ4n) is 3.88. The predicted octanol–water partition coefficient (Wildman–Crippen LogP) is 2.43. The van der Waals surface area contributed by atoms with Gasteiger partial charge in [-0.1, -0.05) is 5.16 Å². The number of nitrogens with one attached hydrogen (secondary N) is 1. The van der Waals surface area contributed by atoms with Gasteiger partial charge in [-0.2, -0.15) is 0 Å². The summed E-state index contributed by atoms with van der Waals surface area (Å²) in [6.07, 6.45) is 1.06. The highest BCUT2D eigenvalue weighted by atomic mass is 32.2. The molecule has 0 bridgehead atoms. The molecule has 1 aliphatic heterocycles. The zero-order valence-corrected chi connectivity index (χ0v) is 18.8. The number of nitrogens with zero attached hydrogens (tertiary/aromatic N) is 4. The maximum Gasteiger partial charge on any atom is 0.253 e. The quantitative estimate of drug-likeness (QED) is 0.658. The molecule has 1 saturated heterocycles. The summed E-state index contributed by atoms with van der Waals surface area (Å²) in [5.41, 5.74) is 4.04. The molecule has 0 saturated carbocycles. The van der Waals surface area contributed by atoms with Crippen molar-refractivity contribution >= 4 is 27.0 Å². The zero-order chi connectivity index (χ0) is 22.3. The van der Waals surface area contributed by atoms with Crippen molar-refractivity contribution in [2.75, 3.05) is 13.1 Å². The first-order valence-electron chi connectivity index (χ1n) is 10.1. The van der Waals surface area contributed by atoms with Crippen molar-refractivity contribution in [1.29, 1.82) is 0 Å². The van der Waals surface area contributed by atoms with Gasteiger partial charge in [0.05, 0.1) is 22.4 Å². The van der Waals surface area contributed by atoms with Gasteiger partial charge in [0.1, 0.15) is 10.6 Å². The standard InChI is InChI=1S/C21H25N5O4S/c1-12-13(2)23-19-11-16(5-6-18(19)22-12)21(27)26-9-7-17(8-10-26)25-31(28,29)20-14(3)24-30-15(20)4/h5-6,11,17,25H,7-10H2,1-4H3. The maximum absolute atomic E-state index is 13.0. The molecule has 1 N–H and O–H groups in total. The van der Waals surface area contributed by atoms with Crippen LogP contribution in [0.5, 0.6) is 0 Å². The molecule has 0 spiro atoms. The first kappa shape index (κ1) is 21.4. The van der Waals surface area contributed by atoms with E-state index in [1.165, 1.54) is 0 Å². The van der Waals surface area contributed by atoms with Crippen molar-refractivity contribution in [3.8, 4) is 0 Å². The third kappa shape index (κ3) is 4.17. The summed E-state index contributed by atoms with van der Waals surface area (Å²) in [6.45, 7) is 7.90. The minimum absolute atomic E-state index is 0.0889. The Morgan fingerprint density at radius 1 is 1.03 bits per heavy atom. The number of hydrogen-bond donors (Lipinski definition) is 1. The van der Waals surface area contributed by atoms with Crippen LogP contribution in [0.15, 0.2) is 27.6 Å². The molecule has 3 aromatic rings. The first-order chi connectivity index (χ1) is 14.7. The van der Waals surface area contributed by atoms with Gasteiger partial charge in [0.25, 0.3) is 5.91 Å². The van der Waals surface area contributed by atoms with Crippen molar-refractivity contribution < 1.29 is 17.7 Å². The van der Waals surface area contributed by atoms with Crippen molar-refractivity contribution in [3.05, 3.63) is 46.6 Å². The number of amides is 1. The van der Waals surface area contributed by atoms with Crippen LogP contribution in [0.1, 0.15) is 46.0 Å². The molecule has 2 aromatic heterocycles. The predicted molar refractivity (Wildman–Crippen MR) is 114 cm³/mol. The lowest BCUT2D eigenvalue weighted by atomic mass is 10.0. The van der Waals surface area contributed by atoms with Crippen molar-refractivity contribution in [2.24, 2.45) is 0 Å². The van der Waals surface area contributed by atoms with Gasteiger partial charge in [0, 0.05) is 24.7 Å². The molecule has 4 rings (SSSR count). The molecule has 0 unspecified atom stereocenters. The number of benzene rings is 1. The highest BCUT2D eigenvalue weighted by Gasteiger charge is 2.30.